The standard InChI is InChI=1S/C17H16ClN3O/c18-13-8-11(16-10-22-6-5-20-16)7-12(9-13)17-14-1-3-19-15(14)2-4-21-17/h1-4,7-9,16,19-20H,5-6,10H2. The third-order valence-electron chi connectivity index (χ3n) is 4.00. The van der Waals surface area contributed by atoms with Crippen molar-refractivity contribution in [2.24, 2.45) is 0 Å². The zero-order valence-corrected chi connectivity index (χ0v) is 12.7. The van der Waals surface area contributed by atoms with Gasteiger partial charge in [0, 0.05) is 40.4 Å². The summed E-state index contributed by atoms with van der Waals surface area (Å²) < 4.78 is 5.55. The van der Waals surface area contributed by atoms with Crippen LogP contribution in [0.4, 0.5) is 0 Å². The van der Waals surface area contributed by atoms with Crippen LogP contribution >= 0.6 is 11.6 Å². The Morgan fingerprint density at radius 2 is 2.18 bits per heavy atom. The third-order valence-corrected chi connectivity index (χ3v) is 4.21. The van der Waals surface area contributed by atoms with Gasteiger partial charge in [-0.05, 0) is 35.9 Å². The molecule has 0 amide bonds. The summed E-state index contributed by atoms with van der Waals surface area (Å²) in [6.07, 6.45) is 3.74. The predicted octanol–water partition coefficient (Wildman–Crippen LogP) is 3.54. The van der Waals surface area contributed by atoms with Gasteiger partial charge in [0.1, 0.15) is 0 Å². The first-order valence-corrected chi connectivity index (χ1v) is 7.73. The van der Waals surface area contributed by atoms with Gasteiger partial charge in [-0.25, -0.2) is 0 Å². The van der Waals surface area contributed by atoms with Gasteiger partial charge in [-0.1, -0.05) is 11.6 Å². The maximum Gasteiger partial charge on any atom is 0.0796 e. The van der Waals surface area contributed by atoms with Crippen molar-refractivity contribution >= 4 is 22.5 Å². The van der Waals surface area contributed by atoms with Crippen LogP contribution in [0.1, 0.15) is 11.6 Å². The molecule has 1 aliphatic rings. The van der Waals surface area contributed by atoms with Crippen LogP contribution in [0.15, 0.2) is 42.7 Å². The van der Waals surface area contributed by atoms with E-state index in [1.165, 1.54) is 0 Å². The Labute approximate surface area is 133 Å². The van der Waals surface area contributed by atoms with Crippen LogP contribution < -0.4 is 5.32 Å². The molecule has 1 atom stereocenters. The number of ether oxygens (including phenoxy) is 1. The lowest BCUT2D eigenvalue weighted by Crippen LogP contribution is -2.34. The molecule has 5 heteroatoms. The number of aromatic nitrogens is 2. The molecule has 4 nitrogen and oxygen atoms in total. The number of aromatic amines is 1. The van der Waals surface area contributed by atoms with Crippen molar-refractivity contribution < 1.29 is 4.74 Å². The fraction of sp³-hybridized carbons (Fsp3) is 0.235. The number of nitrogens with one attached hydrogen (secondary N) is 2. The molecule has 0 saturated carbocycles. The minimum absolute atomic E-state index is 0.177. The Morgan fingerprint density at radius 3 is 3.05 bits per heavy atom. The van der Waals surface area contributed by atoms with Gasteiger partial charge in [-0.2, -0.15) is 0 Å². The molecule has 1 saturated heterocycles. The maximum atomic E-state index is 6.34. The second kappa shape index (κ2) is 5.72. The van der Waals surface area contributed by atoms with Crippen molar-refractivity contribution in [1.82, 2.24) is 15.3 Å². The van der Waals surface area contributed by atoms with Crippen LogP contribution in [0.5, 0.6) is 0 Å². The zero-order valence-electron chi connectivity index (χ0n) is 12.0. The molecule has 3 aromatic rings. The third kappa shape index (κ3) is 2.50. The smallest absolute Gasteiger partial charge is 0.0796 e. The molecule has 0 bridgehead atoms. The normalized spacial score (nSPS) is 18.7. The van der Waals surface area contributed by atoms with E-state index in [0.29, 0.717) is 11.6 Å². The molecule has 0 radical (unpaired) electrons. The average molecular weight is 314 g/mol. The topological polar surface area (TPSA) is 49.9 Å². The van der Waals surface area contributed by atoms with Crippen molar-refractivity contribution in [1.29, 1.82) is 0 Å². The lowest BCUT2D eigenvalue weighted by Gasteiger charge is -2.24. The summed E-state index contributed by atoms with van der Waals surface area (Å²) in [5, 5.41) is 5.28. The van der Waals surface area contributed by atoms with E-state index in [9.17, 15) is 0 Å². The SMILES string of the molecule is Clc1cc(-c2nccc3[nH]ccc23)cc(C2COCCN2)c1. The number of halogens is 1. The highest BCUT2D eigenvalue weighted by Gasteiger charge is 2.17. The van der Waals surface area contributed by atoms with E-state index in [0.717, 1.165) is 40.9 Å². The van der Waals surface area contributed by atoms with Gasteiger partial charge in [-0.15, -0.1) is 0 Å². The summed E-state index contributed by atoms with van der Waals surface area (Å²) in [7, 11) is 0. The van der Waals surface area contributed by atoms with Crippen molar-refractivity contribution in [2.45, 2.75) is 6.04 Å². The summed E-state index contributed by atoms with van der Waals surface area (Å²) >= 11 is 6.34. The minimum Gasteiger partial charge on any atom is -0.378 e. The lowest BCUT2D eigenvalue weighted by atomic mass is 10.0. The zero-order chi connectivity index (χ0) is 14.9. The van der Waals surface area contributed by atoms with Crippen molar-refractivity contribution in [2.75, 3.05) is 19.8 Å². The van der Waals surface area contributed by atoms with Crippen molar-refractivity contribution in [3.8, 4) is 11.3 Å². The molecule has 2 aromatic heterocycles. The van der Waals surface area contributed by atoms with Crippen LogP contribution in [0.25, 0.3) is 22.2 Å². The van der Waals surface area contributed by atoms with Gasteiger partial charge in [0.2, 0.25) is 0 Å². The van der Waals surface area contributed by atoms with Crippen molar-refractivity contribution in [3.05, 3.63) is 53.3 Å². The van der Waals surface area contributed by atoms with Gasteiger partial charge < -0.3 is 15.0 Å². The number of nitrogens with zero attached hydrogens (tertiary/aromatic N) is 1. The number of fused-ring (bicyclic) bond motifs is 1. The van der Waals surface area contributed by atoms with E-state index in [1.807, 2.05) is 36.7 Å². The Bertz CT molecular complexity index is 809. The molecular weight excluding hydrogens is 298 g/mol. The Kier molecular flexibility index (Phi) is 3.58. The summed E-state index contributed by atoms with van der Waals surface area (Å²) in [5.41, 5.74) is 4.18. The fourth-order valence-corrected chi connectivity index (χ4v) is 3.19. The summed E-state index contributed by atoms with van der Waals surface area (Å²) in [6, 6.07) is 10.3. The summed E-state index contributed by atoms with van der Waals surface area (Å²) in [4.78, 5) is 7.76. The Morgan fingerprint density at radius 1 is 1.23 bits per heavy atom. The number of benzene rings is 1. The van der Waals surface area contributed by atoms with E-state index in [1.54, 1.807) is 0 Å². The van der Waals surface area contributed by atoms with Gasteiger partial charge in [0.15, 0.2) is 0 Å². The summed E-state index contributed by atoms with van der Waals surface area (Å²) in [5.74, 6) is 0. The average Bonchev–Trinajstić information content (AvgIpc) is 3.03. The number of rotatable bonds is 2. The molecule has 22 heavy (non-hydrogen) atoms. The van der Waals surface area contributed by atoms with Crippen LogP contribution in [0, 0.1) is 0 Å². The van der Waals surface area contributed by atoms with E-state index in [-0.39, 0.29) is 6.04 Å². The largest absolute Gasteiger partial charge is 0.378 e. The van der Waals surface area contributed by atoms with E-state index in [4.69, 9.17) is 16.3 Å². The number of hydrogen-bond donors (Lipinski definition) is 2. The van der Waals surface area contributed by atoms with E-state index >= 15 is 0 Å². The maximum absolute atomic E-state index is 6.34. The number of hydrogen-bond acceptors (Lipinski definition) is 3. The van der Waals surface area contributed by atoms with Crippen LogP contribution in [0.2, 0.25) is 5.02 Å². The molecular formula is C17H16ClN3O. The van der Waals surface area contributed by atoms with Crippen LogP contribution in [-0.4, -0.2) is 29.7 Å². The van der Waals surface area contributed by atoms with Gasteiger partial charge in [0.05, 0.1) is 24.9 Å². The molecule has 4 rings (SSSR count). The molecule has 1 aliphatic heterocycles. The predicted molar refractivity (Wildman–Crippen MR) is 88.1 cm³/mol. The fourth-order valence-electron chi connectivity index (χ4n) is 2.94. The highest BCUT2D eigenvalue weighted by Crippen LogP contribution is 2.31. The molecule has 1 aromatic carbocycles. The van der Waals surface area contributed by atoms with E-state index in [2.05, 4.69) is 21.4 Å². The molecule has 2 N–H and O–H groups in total. The first-order valence-electron chi connectivity index (χ1n) is 7.35. The van der Waals surface area contributed by atoms with Crippen molar-refractivity contribution in [3.63, 3.8) is 0 Å². The van der Waals surface area contributed by atoms with E-state index < -0.39 is 0 Å². The van der Waals surface area contributed by atoms with Gasteiger partial charge in [-0.3, -0.25) is 4.98 Å². The Hall–Kier alpha value is -1.88. The quantitative estimate of drug-likeness (QED) is 0.761. The van der Waals surface area contributed by atoms with Gasteiger partial charge >= 0.3 is 0 Å². The first kappa shape index (κ1) is 13.8. The number of pyridine rings is 1. The number of morpholine rings is 1. The number of H-pyrrole nitrogens is 1. The lowest BCUT2D eigenvalue weighted by molar-refractivity contribution is 0.0769. The first-order chi connectivity index (χ1) is 10.8. The van der Waals surface area contributed by atoms with Crippen LogP contribution in [-0.2, 0) is 4.74 Å². The summed E-state index contributed by atoms with van der Waals surface area (Å²) in [6.45, 7) is 2.29. The van der Waals surface area contributed by atoms with Crippen LogP contribution in [0.3, 0.4) is 0 Å². The molecule has 112 valence electrons. The monoisotopic (exact) mass is 313 g/mol. The van der Waals surface area contributed by atoms with Gasteiger partial charge in [0.25, 0.3) is 0 Å². The highest BCUT2D eigenvalue weighted by atomic mass is 35.5. The molecule has 1 fully saturated rings. The molecule has 1 unspecified atom stereocenters. The highest BCUT2D eigenvalue weighted by molar-refractivity contribution is 6.31. The second-order valence-electron chi connectivity index (χ2n) is 5.45. The molecule has 3 heterocycles. The molecule has 0 spiro atoms. The molecule has 0 aliphatic carbocycles. The Balaban J connectivity index is 1.81. The minimum atomic E-state index is 0.177. The second-order valence-corrected chi connectivity index (χ2v) is 5.89.